The molecule has 1 saturated heterocycles. The zero-order valence-corrected chi connectivity index (χ0v) is 13.9. The zero-order valence-electron chi connectivity index (χ0n) is 13.1. The second kappa shape index (κ2) is 5.80. The van der Waals surface area contributed by atoms with E-state index in [1.165, 1.54) is 25.7 Å². The Balaban J connectivity index is 1.36. The minimum atomic E-state index is 0.315. The highest BCUT2D eigenvalue weighted by Gasteiger charge is 2.40. The molecule has 0 spiro atoms. The number of nitrogens with one attached hydrogen (secondary N) is 1. The van der Waals surface area contributed by atoms with E-state index in [0.29, 0.717) is 12.0 Å². The number of hydrogen-bond donors (Lipinski definition) is 1. The van der Waals surface area contributed by atoms with Gasteiger partial charge in [0.15, 0.2) is 10.9 Å². The highest BCUT2D eigenvalue weighted by molar-refractivity contribution is 7.80. The molecule has 1 aliphatic heterocycles. The van der Waals surface area contributed by atoms with Crippen molar-refractivity contribution in [3.05, 3.63) is 11.7 Å². The van der Waals surface area contributed by atoms with Crippen molar-refractivity contribution in [2.75, 3.05) is 13.1 Å². The minimum absolute atomic E-state index is 0.315. The van der Waals surface area contributed by atoms with Gasteiger partial charge in [0.1, 0.15) is 0 Å². The van der Waals surface area contributed by atoms with Crippen LogP contribution in [0.1, 0.15) is 56.2 Å². The number of aryl methyl sites for hydroxylation is 1. The molecule has 3 fully saturated rings. The van der Waals surface area contributed by atoms with Crippen molar-refractivity contribution in [1.82, 2.24) is 20.4 Å². The van der Waals surface area contributed by atoms with Gasteiger partial charge in [0.25, 0.3) is 0 Å². The molecule has 2 saturated carbocycles. The first-order chi connectivity index (χ1) is 10.7. The van der Waals surface area contributed by atoms with Gasteiger partial charge in [0.2, 0.25) is 5.89 Å². The molecule has 0 radical (unpaired) electrons. The van der Waals surface area contributed by atoms with E-state index in [1.54, 1.807) is 0 Å². The smallest absolute Gasteiger partial charge is 0.231 e. The van der Waals surface area contributed by atoms with Crippen LogP contribution in [0.25, 0.3) is 0 Å². The van der Waals surface area contributed by atoms with Crippen LogP contribution < -0.4 is 5.32 Å². The Hall–Kier alpha value is -1.17. The lowest BCUT2D eigenvalue weighted by Crippen LogP contribution is -2.49. The number of hydrogen-bond acceptors (Lipinski definition) is 4. The van der Waals surface area contributed by atoms with Crippen LogP contribution in [0.2, 0.25) is 0 Å². The topological polar surface area (TPSA) is 54.2 Å². The Morgan fingerprint density at radius 1 is 1.32 bits per heavy atom. The first-order valence-corrected chi connectivity index (χ1v) is 8.95. The van der Waals surface area contributed by atoms with Crippen molar-refractivity contribution < 1.29 is 4.52 Å². The molecule has 2 heterocycles. The summed E-state index contributed by atoms with van der Waals surface area (Å²) in [5, 5.41) is 8.49. The summed E-state index contributed by atoms with van der Waals surface area (Å²) in [7, 11) is 0. The third kappa shape index (κ3) is 2.73. The van der Waals surface area contributed by atoms with Crippen molar-refractivity contribution in [2.24, 2.45) is 11.8 Å². The van der Waals surface area contributed by atoms with Gasteiger partial charge in [0.05, 0.1) is 5.92 Å². The van der Waals surface area contributed by atoms with Crippen molar-refractivity contribution in [3.63, 3.8) is 0 Å². The van der Waals surface area contributed by atoms with Gasteiger partial charge in [-0.25, -0.2) is 0 Å². The van der Waals surface area contributed by atoms with E-state index in [2.05, 4.69) is 20.4 Å². The Morgan fingerprint density at radius 3 is 2.91 bits per heavy atom. The van der Waals surface area contributed by atoms with Crippen LogP contribution in [0.5, 0.6) is 0 Å². The van der Waals surface area contributed by atoms with Gasteiger partial charge in [-0.05, 0) is 63.1 Å². The monoisotopic (exact) mass is 320 g/mol. The quantitative estimate of drug-likeness (QED) is 0.846. The van der Waals surface area contributed by atoms with Crippen molar-refractivity contribution in [2.45, 2.75) is 57.4 Å². The molecule has 2 aliphatic carbocycles. The molecule has 0 unspecified atom stereocenters. The first kappa shape index (κ1) is 14.4. The molecule has 0 aromatic carbocycles. The Kier molecular flexibility index (Phi) is 3.80. The van der Waals surface area contributed by atoms with Gasteiger partial charge >= 0.3 is 0 Å². The zero-order chi connectivity index (χ0) is 15.1. The molecule has 3 aliphatic rings. The van der Waals surface area contributed by atoms with E-state index in [0.717, 1.165) is 54.6 Å². The van der Waals surface area contributed by atoms with Crippen LogP contribution in [0.15, 0.2) is 4.52 Å². The van der Waals surface area contributed by atoms with Crippen molar-refractivity contribution >= 4 is 17.3 Å². The number of thiocarbonyl (C=S) groups is 1. The number of nitrogens with zero attached hydrogens (tertiary/aromatic N) is 3. The standard InChI is InChI=1S/C16H24N4OS/c1-10-17-15(21-19-10)13-3-2-6-20(9-13)16(22)18-14-8-11-4-5-12(14)7-11/h11-14H,2-9H2,1H3,(H,18,22)/t11-,12-,13+,14+/m0/s1. The maximum absolute atomic E-state index is 5.68. The van der Waals surface area contributed by atoms with E-state index in [1.807, 2.05) is 6.92 Å². The molecule has 22 heavy (non-hydrogen) atoms. The first-order valence-electron chi connectivity index (χ1n) is 8.54. The number of aromatic nitrogens is 2. The molecule has 4 atom stereocenters. The van der Waals surface area contributed by atoms with Crippen LogP contribution in [-0.4, -0.2) is 39.3 Å². The SMILES string of the molecule is Cc1noc([C@@H]2CCCN(C(=S)N[C@@H]3C[C@H]4CC[C@H]3C4)C2)n1. The lowest BCUT2D eigenvalue weighted by Gasteiger charge is -2.35. The Bertz CT molecular complexity index is 560. The van der Waals surface area contributed by atoms with E-state index >= 15 is 0 Å². The average molecular weight is 320 g/mol. The lowest BCUT2D eigenvalue weighted by molar-refractivity contribution is 0.253. The van der Waals surface area contributed by atoms with E-state index in [9.17, 15) is 0 Å². The van der Waals surface area contributed by atoms with Crippen LogP contribution in [-0.2, 0) is 0 Å². The fourth-order valence-electron chi connectivity index (χ4n) is 4.51. The molecule has 120 valence electrons. The summed E-state index contributed by atoms with van der Waals surface area (Å²) in [4.78, 5) is 6.70. The van der Waals surface area contributed by atoms with Gasteiger partial charge in [0, 0.05) is 19.1 Å². The summed E-state index contributed by atoms with van der Waals surface area (Å²) in [5.41, 5.74) is 0. The second-order valence-electron chi connectivity index (χ2n) is 7.20. The highest BCUT2D eigenvalue weighted by Crippen LogP contribution is 2.44. The summed E-state index contributed by atoms with van der Waals surface area (Å²) < 4.78 is 5.35. The van der Waals surface area contributed by atoms with E-state index in [-0.39, 0.29) is 0 Å². The summed E-state index contributed by atoms with van der Waals surface area (Å²) in [5.74, 6) is 3.59. The Morgan fingerprint density at radius 2 is 2.23 bits per heavy atom. The van der Waals surface area contributed by atoms with Gasteiger partial charge in [-0.2, -0.15) is 4.98 Å². The molecule has 1 N–H and O–H groups in total. The van der Waals surface area contributed by atoms with Gasteiger partial charge in [-0.3, -0.25) is 0 Å². The fourth-order valence-corrected chi connectivity index (χ4v) is 4.83. The fraction of sp³-hybridized carbons (Fsp3) is 0.812. The predicted molar refractivity (Wildman–Crippen MR) is 87.6 cm³/mol. The maximum atomic E-state index is 5.68. The molecular formula is C16H24N4OS. The largest absolute Gasteiger partial charge is 0.360 e. The van der Waals surface area contributed by atoms with Crippen LogP contribution in [0.4, 0.5) is 0 Å². The molecule has 0 amide bonds. The molecule has 4 rings (SSSR count). The van der Waals surface area contributed by atoms with Crippen molar-refractivity contribution in [1.29, 1.82) is 0 Å². The van der Waals surface area contributed by atoms with Crippen LogP contribution in [0.3, 0.4) is 0 Å². The molecule has 1 aromatic heterocycles. The molecular weight excluding hydrogens is 296 g/mol. The second-order valence-corrected chi connectivity index (χ2v) is 7.58. The average Bonchev–Trinajstić information content (AvgIpc) is 3.24. The van der Waals surface area contributed by atoms with Crippen LogP contribution >= 0.6 is 12.2 Å². The number of piperidine rings is 1. The van der Waals surface area contributed by atoms with Crippen LogP contribution in [0, 0.1) is 18.8 Å². The third-order valence-corrected chi connectivity index (χ3v) is 6.02. The minimum Gasteiger partial charge on any atom is -0.360 e. The summed E-state index contributed by atoms with van der Waals surface area (Å²) >= 11 is 5.68. The van der Waals surface area contributed by atoms with Gasteiger partial charge in [-0.15, -0.1) is 0 Å². The number of fused-ring (bicyclic) bond motifs is 2. The van der Waals surface area contributed by atoms with Gasteiger partial charge < -0.3 is 14.7 Å². The van der Waals surface area contributed by atoms with Crippen molar-refractivity contribution in [3.8, 4) is 0 Å². The highest BCUT2D eigenvalue weighted by atomic mass is 32.1. The van der Waals surface area contributed by atoms with E-state index in [4.69, 9.17) is 16.7 Å². The number of likely N-dealkylation sites (tertiary alicyclic amines) is 1. The molecule has 6 heteroatoms. The molecule has 5 nitrogen and oxygen atoms in total. The normalized spacial score (nSPS) is 34.1. The summed E-state index contributed by atoms with van der Waals surface area (Å²) in [6.45, 7) is 3.81. The predicted octanol–water partition coefficient (Wildman–Crippen LogP) is 2.62. The molecule has 1 aromatic rings. The maximum Gasteiger partial charge on any atom is 0.231 e. The third-order valence-electron chi connectivity index (χ3n) is 5.65. The lowest BCUT2D eigenvalue weighted by atomic mass is 9.95. The molecule has 2 bridgehead atoms. The van der Waals surface area contributed by atoms with Gasteiger partial charge in [-0.1, -0.05) is 11.6 Å². The summed E-state index contributed by atoms with van der Waals surface area (Å²) in [6.07, 6.45) is 7.77. The van der Waals surface area contributed by atoms with E-state index < -0.39 is 0 Å². The summed E-state index contributed by atoms with van der Waals surface area (Å²) in [6, 6.07) is 0.609. The Labute approximate surface area is 136 Å². The number of rotatable bonds is 2.